The molecular formula is C24H25N3O4. The third kappa shape index (κ3) is 5.19. The number of aromatic nitrogens is 2. The van der Waals surface area contributed by atoms with E-state index >= 15 is 0 Å². The van der Waals surface area contributed by atoms with E-state index in [-0.39, 0.29) is 24.1 Å². The molecule has 7 nitrogen and oxygen atoms in total. The van der Waals surface area contributed by atoms with Gasteiger partial charge in [-0.3, -0.25) is 9.59 Å². The van der Waals surface area contributed by atoms with E-state index in [1.54, 1.807) is 36.3 Å². The van der Waals surface area contributed by atoms with Crippen molar-refractivity contribution in [3.05, 3.63) is 76.3 Å². The second-order valence-corrected chi connectivity index (χ2v) is 7.49. The predicted molar refractivity (Wildman–Crippen MR) is 119 cm³/mol. The lowest BCUT2D eigenvalue weighted by molar-refractivity contribution is -0.128. The number of H-pyrrole nitrogens is 1. The van der Waals surface area contributed by atoms with E-state index in [0.29, 0.717) is 29.9 Å². The molecule has 3 aromatic rings. The van der Waals surface area contributed by atoms with Crippen LogP contribution in [0.5, 0.6) is 5.75 Å². The summed E-state index contributed by atoms with van der Waals surface area (Å²) in [5, 5.41) is 0.529. The second kappa shape index (κ2) is 9.57. The molecule has 2 heterocycles. The van der Waals surface area contributed by atoms with Crippen molar-refractivity contribution in [2.45, 2.75) is 25.5 Å². The number of ether oxygens (including phenoxy) is 2. The lowest BCUT2D eigenvalue weighted by Gasteiger charge is -2.24. The quantitative estimate of drug-likeness (QED) is 0.595. The van der Waals surface area contributed by atoms with Gasteiger partial charge in [-0.2, -0.15) is 0 Å². The van der Waals surface area contributed by atoms with E-state index < -0.39 is 0 Å². The van der Waals surface area contributed by atoms with Gasteiger partial charge in [0.05, 0.1) is 30.7 Å². The van der Waals surface area contributed by atoms with E-state index in [2.05, 4.69) is 9.97 Å². The second-order valence-electron chi connectivity index (χ2n) is 7.49. The molecule has 1 aromatic heterocycles. The van der Waals surface area contributed by atoms with Crippen molar-refractivity contribution in [1.29, 1.82) is 0 Å². The molecule has 31 heavy (non-hydrogen) atoms. The standard InChI is InChI=1S/C24H25N3O4/c1-30-18-7-4-6-17(14-18)11-12-23(28)27(15-19-8-5-13-31-19)16-22-25-21-10-3-2-9-20(21)24(29)26-22/h2-4,6-7,9-12,14,19H,5,8,13,15-16H2,1H3,(H,25,26,29). The van der Waals surface area contributed by atoms with Crippen molar-refractivity contribution in [2.24, 2.45) is 0 Å². The van der Waals surface area contributed by atoms with Gasteiger partial charge in [0.2, 0.25) is 5.91 Å². The van der Waals surface area contributed by atoms with Gasteiger partial charge in [-0.25, -0.2) is 4.98 Å². The maximum absolute atomic E-state index is 13.0. The molecule has 1 amide bonds. The van der Waals surface area contributed by atoms with Crippen molar-refractivity contribution < 1.29 is 14.3 Å². The molecule has 160 valence electrons. The van der Waals surface area contributed by atoms with E-state index in [0.717, 1.165) is 24.2 Å². The van der Waals surface area contributed by atoms with Crippen molar-refractivity contribution in [3.8, 4) is 5.75 Å². The Labute approximate surface area is 180 Å². The molecule has 1 fully saturated rings. The van der Waals surface area contributed by atoms with Crippen molar-refractivity contribution in [2.75, 3.05) is 20.3 Å². The van der Waals surface area contributed by atoms with E-state index in [1.165, 1.54) is 6.08 Å². The first-order valence-electron chi connectivity index (χ1n) is 10.3. The maximum Gasteiger partial charge on any atom is 0.258 e. The average Bonchev–Trinajstić information content (AvgIpc) is 3.30. The van der Waals surface area contributed by atoms with E-state index in [9.17, 15) is 9.59 Å². The summed E-state index contributed by atoms with van der Waals surface area (Å²) in [7, 11) is 1.61. The Morgan fingerprint density at radius 3 is 2.97 bits per heavy atom. The smallest absolute Gasteiger partial charge is 0.258 e. The Bertz CT molecular complexity index is 1150. The molecule has 1 N–H and O–H groups in total. The number of hydrogen-bond acceptors (Lipinski definition) is 5. The molecule has 0 bridgehead atoms. The molecule has 1 unspecified atom stereocenters. The Balaban J connectivity index is 1.57. The predicted octanol–water partition coefficient (Wildman–Crippen LogP) is 3.15. The van der Waals surface area contributed by atoms with Crippen molar-refractivity contribution >= 4 is 22.9 Å². The summed E-state index contributed by atoms with van der Waals surface area (Å²) >= 11 is 0. The van der Waals surface area contributed by atoms with Gasteiger partial charge in [0.1, 0.15) is 11.6 Å². The Hall–Kier alpha value is -3.45. The highest BCUT2D eigenvalue weighted by Crippen LogP contribution is 2.17. The monoisotopic (exact) mass is 419 g/mol. The Morgan fingerprint density at radius 2 is 2.16 bits per heavy atom. The molecule has 7 heteroatoms. The minimum absolute atomic E-state index is 0.0126. The number of amides is 1. The van der Waals surface area contributed by atoms with E-state index in [1.807, 2.05) is 30.3 Å². The zero-order valence-corrected chi connectivity index (χ0v) is 17.4. The fraction of sp³-hybridized carbons (Fsp3) is 0.292. The lowest BCUT2D eigenvalue weighted by atomic mass is 10.2. The lowest BCUT2D eigenvalue weighted by Crippen LogP contribution is -2.36. The van der Waals surface area contributed by atoms with Crippen LogP contribution in [0.2, 0.25) is 0 Å². The Morgan fingerprint density at radius 1 is 1.29 bits per heavy atom. The molecule has 4 rings (SSSR count). The molecule has 1 saturated heterocycles. The summed E-state index contributed by atoms with van der Waals surface area (Å²) in [6.45, 7) is 1.34. The summed E-state index contributed by atoms with van der Waals surface area (Å²) in [6, 6.07) is 14.7. The highest BCUT2D eigenvalue weighted by molar-refractivity contribution is 5.91. The number of nitrogens with one attached hydrogen (secondary N) is 1. The minimum Gasteiger partial charge on any atom is -0.497 e. The third-order valence-corrected chi connectivity index (χ3v) is 5.27. The molecular weight excluding hydrogens is 394 g/mol. The SMILES string of the molecule is COc1cccc(C=CC(=O)N(Cc2nc3ccccc3c(=O)[nH]2)CC2CCCO2)c1. The first-order valence-corrected chi connectivity index (χ1v) is 10.3. The molecule has 0 radical (unpaired) electrons. The van der Waals surface area contributed by atoms with Crippen LogP contribution in [0, 0.1) is 0 Å². The number of hydrogen-bond donors (Lipinski definition) is 1. The van der Waals surface area contributed by atoms with Gasteiger partial charge in [0, 0.05) is 19.2 Å². The van der Waals surface area contributed by atoms with Gasteiger partial charge in [-0.05, 0) is 48.7 Å². The van der Waals surface area contributed by atoms with Crippen LogP contribution in [0.15, 0.2) is 59.4 Å². The van der Waals surface area contributed by atoms with Crippen LogP contribution in [0.25, 0.3) is 17.0 Å². The van der Waals surface area contributed by atoms with Crippen LogP contribution < -0.4 is 10.3 Å². The summed E-state index contributed by atoms with van der Waals surface area (Å²) in [5.41, 5.74) is 1.26. The number of para-hydroxylation sites is 1. The highest BCUT2D eigenvalue weighted by Gasteiger charge is 2.22. The number of methoxy groups -OCH3 is 1. The maximum atomic E-state index is 13.0. The number of nitrogens with zero attached hydrogens (tertiary/aromatic N) is 2. The highest BCUT2D eigenvalue weighted by atomic mass is 16.5. The zero-order valence-electron chi connectivity index (χ0n) is 17.4. The molecule has 2 aromatic carbocycles. The zero-order chi connectivity index (χ0) is 21.6. The topological polar surface area (TPSA) is 84.5 Å². The van der Waals surface area contributed by atoms with Gasteiger partial charge < -0.3 is 19.4 Å². The van der Waals surface area contributed by atoms with Crippen molar-refractivity contribution in [1.82, 2.24) is 14.9 Å². The van der Waals surface area contributed by atoms with Crippen LogP contribution in [0.1, 0.15) is 24.2 Å². The summed E-state index contributed by atoms with van der Waals surface area (Å²) < 4.78 is 11.0. The number of carbonyl (C=O) groups is 1. The molecule has 1 aliphatic rings. The summed E-state index contributed by atoms with van der Waals surface area (Å²) in [4.78, 5) is 34.5. The number of fused-ring (bicyclic) bond motifs is 1. The van der Waals surface area contributed by atoms with Crippen LogP contribution in [-0.4, -0.2) is 47.1 Å². The van der Waals surface area contributed by atoms with E-state index in [4.69, 9.17) is 9.47 Å². The van der Waals surface area contributed by atoms with Crippen molar-refractivity contribution in [3.63, 3.8) is 0 Å². The van der Waals surface area contributed by atoms with Crippen LogP contribution in [0.3, 0.4) is 0 Å². The first-order chi connectivity index (χ1) is 15.1. The average molecular weight is 419 g/mol. The Kier molecular flexibility index (Phi) is 6.43. The van der Waals surface area contributed by atoms with Crippen LogP contribution >= 0.6 is 0 Å². The van der Waals surface area contributed by atoms with Gasteiger partial charge in [-0.15, -0.1) is 0 Å². The number of carbonyl (C=O) groups excluding carboxylic acids is 1. The largest absolute Gasteiger partial charge is 0.497 e. The number of benzene rings is 2. The first kappa shape index (κ1) is 20.8. The fourth-order valence-corrected chi connectivity index (χ4v) is 3.68. The molecule has 0 saturated carbocycles. The summed E-state index contributed by atoms with van der Waals surface area (Å²) in [6.07, 6.45) is 5.16. The summed E-state index contributed by atoms with van der Waals surface area (Å²) in [5.74, 6) is 1.00. The van der Waals surface area contributed by atoms with Gasteiger partial charge >= 0.3 is 0 Å². The minimum atomic E-state index is -0.211. The molecule has 1 atom stereocenters. The third-order valence-electron chi connectivity index (χ3n) is 5.27. The molecule has 0 spiro atoms. The van der Waals surface area contributed by atoms with Crippen LogP contribution in [0.4, 0.5) is 0 Å². The normalized spacial score (nSPS) is 16.1. The molecule has 1 aliphatic heterocycles. The fourth-order valence-electron chi connectivity index (χ4n) is 3.68. The van der Waals surface area contributed by atoms with Gasteiger partial charge in [0.25, 0.3) is 5.56 Å². The van der Waals surface area contributed by atoms with Gasteiger partial charge in [-0.1, -0.05) is 24.3 Å². The van der Waals surface area contributed by atoms with Crippen LogP contribution in [-0.2, 0) is 16.1 Å². The number of aromatic amines is 1. The number of rotatable bonds is 7. The van der Waals surface area contributed by atoms with Gasteiger partial charge in [0.15, 0.2) is 0 Å². The molecule has 0 aliphatic carbocycles.